The molecule has 2 aromatic rings. The van der Waals surface area contributed by atoms with Crippen LogP contribution in [0.25, 0.3) is 0 Å². The molecule has 0 atom stereocenters. The summed E-state index contributed by atoms with van der Waals surface area (Å²) in [5.74, 6) is 0.196. The Morgan fingerprint density at radius 2 is 2.24 bits per heavy atom. The van der Waals surface area contributed by atoms with E-state index in [1.807, 2.05) is 13.1 Å². The summed E-state index contributed by atoms with van der Waals surface area (Å²) in [5, 5.41) is 16.1. The second kappa shape index (κ2) is 7.72. The van der Waals surface area contributed by atoms with Crippen LogP contribution < -0.4 is 5.32 Å². The Balaban J connectivity index is 1.85. The van der Waals surface area contributed by atoms with E-state index >= 15 is 0 Å². The molecule has 0 saturated carbocycles. The normalized spacial score (nSPS) is 13.7. The van der Waals surface area contributed by atoms with Crippen molar-refractivity contribution >= 4 is 28.8 Å². The second-order valence-corrected chi connectivity index (χ2v) is 6.25. The van der Waals surface area contributed by atoms with Gasteiger partial charge in [-0.2, -0.15) is 0 Å². The summed E-state index contributed by atoms with van der Waals surface area (Å²) >= 11 is 5.84. The number of pyridine rings is 1. The Morgan fingerprint density at radius 1 is 1.40 bits per heavy atom. The molecule has 0 radical (unpaired) electrons. The molecule has 25 heavy (non-hydrogen) atoms. The Bertz CT molecular complexity index is 851. The fraction of sp³-hybridized carbons (Fsp3) is 0.278. The van der Waals surface area contributed by atoms with Crippen LogP contribution in [0.3, 0.4) is 0 Å². The number of hydrogen-bond donors (Lipinski definition) is 2. The van der Waals surface area contributed by atoms with Crippen LogP contribution in [0.2, 0.25) is 5.02 Å². The zero-order valence-electron chi connectivity index (χ0n) is 13.8. The lowest BCUT2D eigenvalue weighted by Crippen LogP contribution is -2.14. The van der Waals surface area contributed by atoms with Gasteiger partial charge in [-0.05, 0) is 37.2 Å². The minimum absolute atomic E-state index is 0.0485. The van der Waals surface area contributed by atoms with Crippen LogP contribution in [0.4, 0.5) is 10.2 Å². The SMILES string of the molecule is CNCCC1=Nc2nccc(/C(Cc3ccc(F)c(Cl)c3)=N/O)c2C1. The van der Waals surface area contributed by atoms with E-state index in [0.29, 0.717) is 24.4 Å². The van der Waals surface area contributed by atoms with Crippen molar-refractivity contribution in [1.29, 1.82) is 0 Å². The number of nitrogens with zero attached hydrogens (tertiary/aromatic N) is 3. The third-order valence-corrected chi connectivity index (χ3v) is 4.42. The summed E-state index contributed by atoms with van der Waals surface area (Å²) in [4.78, 5) is 8.87. The molecule has 0 amide bonds. The molecule has 130 valence electrons. The molecule has 1 aromatic heterocycles. The third-order valence-electron chi connectivity index (χ3n) is 4.13. The standard InChI is InChI=1S/C18H18ClFN4O/c1-21-6-4-12-10-14-13(5-7-22-18(14)23-12)17(24-25)9-11-2-3-16(20)15(19)8-11/h2-3,5,7-8,21,25H,4,6,9-10H2,1H3/b24-17+. The first-order valence-electron chi connectivity index (χ1n) is 7.96. The Kier molecular flexibility index (Phi) is 5.40. The molecule has 2 N–H and O–H groups in total. The van der Waals surface area contributed by atoms with Crippen molar-refractivity contribution in [3.05, 3.63) is 58.0 Å². The maximum absolute atomic E-state index is 13.3. The average Bonchev–Trinajstić information content (AvgIpc) is 3.04. The first-order chi connectivity index (χ1) is 12.1. The molecule has 1 aliphatic heterocycles. The lowest BCUT2D eigenvalue weighted by Gasteiger charge is -2.10. The quantitative estimate of drug-likeness (QED) is 0.470. The van der Waals surface area contributed by atoms with Crippen LogP contribution in [-0.2, 0) is 12.8 Å². The number of nitrogens with one attached hydrogen (secondary N) is 1. The monoisotopic (exact) mass is 360 g/mol. The van der Waals surface area contributed by atoms with Crippen LogP contribution in [-0.4, -0.2) is 35.2 Å². The smallest absolute Gasteiger partial charge is 0.155 e. The van der Waals surface area contributed by atoms with Gasteiger partial charge >= 0.3 is 0 Å². The third kappa shape index (κ3) is 3.86. The van der Waals surface area contributed by atoms with Gasteiger partial charge in [0.25, 0.3) is 0 Å². The van der Waals surface area contributed by atoms with Crippen LogP contribution >= 0.6 is 11.6 Å². The number of aromatic nitrogens is 1. The molecule has 0 fully saturated rings. The van der Waals surface area contributed by atoms with Crippen molar-refractivity contribution in [2.45, 2.75) is 19.3 Å². The van der Waals surface area contributed by atoms with Gasteiger partial charge in [-0.3, -0.25) is 0 Å². The van der Waals surface area contributed by atoms with Crippen molar-refractivity contribution in [2.24, 2.45) is 10.1 Å². The summed E-state index contributed by atoms with van der Waals surface area (Å²) < 4.78 is 13.3. The number of aliphatic imine (C=N–C) groups is 1. The van der Waals surface area contributed by atoms with E-state index in [2.05, 4.69) is 20.4 Å². The van der Waals surface area contributed by atoms with E-state index in [9.17, 15) is 9.60 Å². The Labute approximate surface area is 150 Å². The molecule has 7 heteroatoms. The van der Waals surface area contributed by atoms with E-state index in [4.69, 9.17) is 11.6 Å². The Morgan fingerprint density at radius 3 is 2.96 bits per heavy atom. The van der Waals surface area contributed by atoms with Gasteiger partial charge in [0.1, 0.15) is 5.82 Å². The van der Waals surface area contributed by atoms with Crippen molar-refractivity contribution in [3.8, 4) is 0 Å². The maximum Gasteiger partial charge on any atom is 0.155 e. The molecule has 0 aliphatic carbocycles. The summed E-state index contributed by atoms with van der Waals surface area (Å²) in [6.07, 6.45) is 3.51. The van der Waals surface area contributed by atoms with Crippen molar-refractivity contribution in [1.82, 2.24) is 10.3 Å². The molecule has 5 nitrogen and oxygen atoms in total. The lowest BCUT2D eigenvalue weighted by molar-refractivity contribution is 0.318. The summed E-state index contributed by atoms with van der Waals surface area (Å²) in [5.41, 5.74) is 4.04. The number of hydrogen-bond acceptors (Lipinski definition) is 5. The highest BCUT2D eigenvalue weighted by Gasteiger charge is 2.22. The largest absolute Gasteiger partial charge is 0.411 e. The zero-order chi connectivity index (χ0) is 17.8. The topological polar surface area (TPSA) is 69.9 Å². The highest BCUT2D eigenvalue weighted by Crippen LogP contribution is 2.29. The molecular weight excluding hydrogens is 343 g/mol. The molecule has 1 aliphatic rings. The minimum Gasteiger partial charge on any atom is -0.411 e. The number of halogens is 2. The van der Waals surface area contributed by atoms with E-state index in [1.54, 1.807) is 18.3 Å². The van der Waals surface area contributed by atoms with Gasteiger partial charge in [0, 0.05) is 42.4 Å². The molecular formula is C18H18ClFN4O. The lowest BCUT2D eigenvalue weighted by atomic mass is 9.96. The predicted molar refractivity (Wildman–Crippen MR) is 97.0 cm³/mol. The highest BCUT2D eigenvalue weighted by molar-refractivity contribution is 6.30. The van der Waals surface area contributed by atoms with E-state index in [1.165, 1.54) is 6.07 Å². The van der Waals surface area contributed by atoms with E-state index in [0.717, 1.165) is 35.4 Å². The van der Waals surface area contributed by atoms with Crippen LogP contribution in [0.1, 0.15) is 23.1 Å². The van der Waals surface area contributed by atoms with Gasteiger partial charge in [-0.15, -0.1) is 0 Å². The van der Waals surface area contributed by atoms with E-state index < -0.39 is 5.82 Å². The van der Waals surface area contributed by atoms with Gasteiger partial charge in [-0.1, -0.05) is 22.8 Å². The van der Waals surface area contributed by atoms with Gasteiger partial charge < -0.3 is 10.5 Å². The minimum atomic E-state index is -0.472. The maximum atomic E-state index is 13.3. The fourth-order valence-corrected chi connectivity index (χ4v) is 3.06. The number of oxime groups is 1. The first-order valence-corrected chi connectivity index (χ1v) is 8.34. The number of fused-ring (bicyclic) bond motifs is 1. The van der Waals surface area contributed by atoms with Gasteiger partial charge in [-0.25, -0.2) is 14.4 Å². The summed E-state index contributed by atoms with van der Waals surface area (Å²) in [6, 6.07) is 6.29. The molecule has 1 aromatic carbocycles. The van der Waals surface area contributed by atoms with Crippen molar-refractivity contribution in [3.63, 3.8) is 0 Å². The van der Waals surface area contributed by atoms with Crippen LogP contribution in [0, 0.1) is 5.82 Å². The van der Waals surface area contributed by atoms with Gasteiger partial charge in [0.05, 0.1) is 10.7 Å². The second-order valence-electron chi connectivity index (χ2n) is 5.84. The highest BCUT2D eigenvalue weighted by atomic mass is 35.5. The zero-order valence-corrected chi connectivity index (χ0v) is 14.5. The number of benzene rings is 1. The van der Waals surface area contributed by atoms with Crippen LogP contribution in [0.15, 0.2) is 40.6 Å². The summed E-state index contributed by atoms with van der Waals surface area (Å²) in [7, 11) is 1.90. The predicted octanol–water partition coefficient (Wildman–Crippen LogP) is 3.53. The molecule has 0 unspecified atom stereocenters. The number of rotatable bonds is 6. The molecule has 0 spiro atoms. The van der Waals surface area contributed by atoms with Crippen molar-refractivity contribution in [2.75, 3.05) is 13.6 Å². The Hall–Kier alpha value is -2.31. The van der Waals surface area contributed by atoms with Crippen molar-refractivity contribution < 1.29 is 9.60 Å². The van der Waals surface area contributed by atoms with Gasteiger partial charge in [0.2, 0.25) is 0 Å². The average molecular weight is 361 g/mol. The van der Waals surface area contributed by atoms with Crippen LogP contribution in [0.5, 0.6) is 0 Å². The summed E-state index contributed by atoms with van der Waals surface area (Å²) in [6.45, 7) is 0.844. The first kappa shape index (κ1) is 17.5. The molecule has 3 rings (SSSR count). The van der Waals surface area contributed by atoms with Gasteiger partial charge in [0.15, 0.2) is 5.82 Å². The molecule has 2 heterocycles. The molecule has 0 bridgehead atoms. The fourth-order valence-electron chi connectivity index (χ4n) is 2.86. The van der Waals surface area contributed by atoms with E-state index in [-0.39, 0.29) is 5.02 Å². The molecule has 0 saturated heterocycles.